The zero-order chi connectivity index (χ0) is 12.6. The smallest absolute Gasteiger partial charge is 0.0237 e. The molecule has 1 atom stereocenters. The van der Waals surface area contributed by atoms with Gasteiger partial charge in [-0.2, -0.15) is 0 Å². The highest BCUT2D eigenvalue weighted by atomic mass is 15.2. The highest BCUT2D eigenvalue weighted by Gasteiger charge is 2.17. The Balaban J connectivity index is 2.00. The van der Waals surface area contributed by atoms with Crippen molar-refractivity contribution < 1.29 is 0 Å². The molecule has 1 fully saturated rings. The Bertz CT molecular complexity index is 323. The lowest BCUT2D eigenvalue weighted by Gasteiger charge is -2.30. The molecular formula is C16H26N2. The van der Waals surface area contributed by atoms with Crippen LogP contribution in [0.1, 0.15) is 44.1 Å². The van der Waals surface area contributed by atoms with E-state index in [1.165, 1.54) is 50.6 Å². The van der Waals surface area contributed by atoms with Crippen molar-refractivity contribution in [1.82, 2.24) is 4.90 Å². The number of nitrogens with two attached hydrogens (primary N) is 1. The lowest BCUT2D eigenvalue weighted by molar-refractivity contribution is 0.181. The third kappa shape index (κ3) is 4.11. The Labute approximate surface area is 111 Å². The second-order valence-electron chi connectivity index (χ2n) is 5.40. The maximum absolute atomic E-state index is 5.98. The molecule has 2 N–H and O–H groups in total. The molecular weight excluding hydrogens is 220 g/mol. The summed E-state index contributed by atoms with van der Waals surface area (Å²) in [7, 11) is 0. The molecule has 100 valence electrons. The van der Waals surface area contributed by atoms with Crippen LogP contribution in [0.15, 0.2) is 30.3 Å². The van der Waals surface area contributed by atoms with Gasteiger partial charge in [0.1, 0.15) is 0 Å². The molecule has 18 heavy (non-hydrogen) atoms. The Morgan fingerprint density at radius 2 is 1.72 bits per heavy atom. The summed E-state index contributed by atoms with van der Waals surface area (Å²) in [5, 5.41) is 0. The summed E-state index contributed by atoms with van der Waals surface area (Å²) in [6, 6.07) is 11.4. The molecule has 1 aromatic carbocycles. The van der Waals surface area contributed by atoms with Crippen LogP contribution >= 0.6 is 0 Å². The fourth-order valence-corrected chi connectivity index (χ4v) is 2.88. The van der Waals surface area contributed by atoms with Crippen molar-refractivity contribution in [1.29, 1.82) is 0 Å². The molecule has 0 saturated carbocycles. The quantitative estimate of drug-likeness (QED) is 0.887. The van der Waals surface area contributed by atoms with E-state index in [1.807, 2.05) is 0 Å². The molecule has 1 unspecified atom stereocenters. The standard InChI is InChI=1S/C16H26N2/c17-13-16-11-7-2-1-3-8-12-18(16)14-15-9-5-4-6-10-15/h4-6,9-10,16H,1-3,7-8,11-14,17H2. The van der Waals surface area contributed by atoms with Crippen molar-refractivity contribution >= 4 is 0 Å². The monoisotopic (exact) mass is 246 g/mol. The number of nitrogens with zero attached hydrogens (tertiary/aromatic N) is 1. The van der Waals surface area contributed by atoms with Gasteiger partial charge in [0.25, 0.3) is 0 Å². The van der Waals surface area contributed by atoms with Crippen molar-refractivity contribution in [3.8, 4) is 0 Å². The first-order chi connectivity index (χ1) is 8.90. The van der Waals surface area contributed by atoms with E-state index < -0.39 is 0 Å². The van der Waals surface area contributed by atoms with E-state index in [4.69, 9.17) is 5.73 Å². The van der Waals surface area contributed by atoms with Crippen LogP contribution in [0, 0.1) is 0 Å². The van der Waals surface area contributed by atoms with Crippen LogP contribution in [-0.4, -0.2) is 24.0 Å². The average molecular weight is 246 g/mol. The molecule has 2 nitrogen and oxygen atoms in total. The largest absolute Gasteiger partial charge is 0.329 e. The van der Waals surface area contributed by atoms with Gasteiger partial charge in [-0.3, -0.25) is 4.90 Å². The van der Waals surface area contributed by atoms with Gasteiger partial charge < -0.3 is 5.73 Å². The third-order valence-electron chi connectivity index (χ3n) is 4.00. The summed E-state index contributed by atoms with van der Waals surface area (Å²) in [5.41, 5.74) is 7.39. The van der Waals surface area contributed by atoms with Crippen LogP contribution in [0.25, 0.3) is 0 Å². The fourth-order valence-electron chi connectivity index (χ4n) is 2.88. The van der Waals surface area contributed by atoms with E-state index in [0.29, 0.717) is 6.04 Å². The molecule has 0 aromatic heterocycles. The van der Waals surface area contributed by atoms with E-state index in [1.54, 1.807) is 0 Å². The first-order valence-corrected chi connectivity index (χ1v) is 7.38. The molecule has 0 aliphatic carbocycles. The molecule has 0 radical (unpaired) electrons. The first kappa shape index (κ1) is 13.6. The summed E-state index contributed by atoms with van der Waals surface area (Å²) in [5.74, 6) is 0. The number of hydrogen-bond acceptors (Lipinski definition) is 2. The van der Waals surface area contributed by atoms with Crippen molar-refractivity contribution in [2.75, 3.05) is 13.1 Å². The summed E-state index contributed by atoms with van der Waals surface area (Å²) in [4.78, 5) is 2.60. The highest BCUT2D eigenvalue weighted by molar-refractivity contribution is 5.14. The number of benzene rings is 1. The predicted molar refractivity (Wildman–Crippen MR) is 77.4 cm³/mol. The van der Waals surface area contributed by atoms with Crippen LogP contribution in [-0.2, 0) is 6.54 Å². The van der Waals surface area contributed by atoms with Gasteiger partial charge in [-0.1, -0.05) is 56.0 Å². The van der Waals surface area contributed by atoms with E-state index in [2.05, 4.69) is 35.2 Å². The summed E-state index contributed by atoms with van der Waals surface area (Å²) in [6.07, 6.45) is 8.09. The summed E-state index contributed by atoms with van der Waals surface area (Å²) < 4.78 is 0. The SMILES string of the molecule is NCC1CCCCCCCN1Cc1ccccc1. The average Bonchev–Trinajstić information content (AvgIpc) is 2.52. The van der Waals surface area contributed by atoms with Crippen LogP contribution in [0.3, 0.4) is 0 Å². The highest BCUT2D eigenvalue weighted by Crippen LogP contribution is 2.18. The van der Waals surface area contributed by atoms with Gasteiger partial charge in [-0.25, -0.2) is 0 Å². The minimum absolute atomic E-state index is 0.573. The van der Waals surface area contributed by atoms with Crippen LogP contribution < -0.4 is 5.73 Å². The van der Waals surface area contributed by atoms with Gasteiger partial charge in [0.15, 0.2) is 0 Å². The van der Waals surface area contributed by atoms with Gasteiger partial charge in [0, 0.05) is 19.1 Å². The predicted octanol–water partition coefficient (Wildman–Crippen LogP) is 3.17. The number of hydrogen-bond donors (Lipinski definition) is 1. The van der Waals surface area contributed by atoms with Crippen LogP contribution in [0.5, 0.6) is 0 Å². The van der Waals surface area contributed by atoms with E-state index in [-0.39, 0.29) is 0 Å². The molecule has 2 rings (SSSR count). The van der Waals surface area contributed by atoms with E-state index in [0.717, 1.165) is 13.1 Å². The normalized spacial score (nSPS) is 23.1. The Morgan fingerprint density at radius 1 is 1.00 bits per heavy atom. The molecule has 0 spiro atoms. The van der Waals surface area contributed by atoms with Crippen LogP contribution in [0.4, 0.5) is 0 Å². The minimum atomic E-state index is 0.573. The third-order valence-corrected chi connectivity index (χ3v) is 4.00. The maximum atomic E-state index is 5.98. The van der Waals surface area contributed by atoms with Gasteiger partial charge >= 0.3 is 0 Å². The van der Waals surface area contributed by atoms with Crippen molar-refractivity contribution in [2.45, 2.75) is 51.1 Å². The Hall–Kier alpha value is -0.860. The van der Waals surface area contributed by atoms with Gasteiger partial charge in [0.2, 0.25) is 0 Å². The van der Waals surface area contributed by atoms with Crippen molar-refractivity contribution in [2.24, 2.45) is 5.73 Å². The minimum Gasteiger partial charge on any atom is -0.329 e. The van der Waals surface area contributed by atoms with E-state index in [9.17, 15) is 0 Å². The second-order valence-corrected chi connectivity index (χ2v) is 5.40. The van der Waals surface area contributed by atoms with Crippen molar-refractivity contribution in [3.05, 3.63) is 35.9 Å². The molecule has 1 saturated heterocycles. The summed E-state index contributed by atoms with van der Waals surface area (Å²) in [6.45, 7) is 3.06. The zero-order valence-corrected chi connectivity index (χ0v) is 11.4. The van der Waals surface area contributed by atoms with Gasteiger partial charge in [0.05, 0.1) is 0 Å². The van der Waals surface area contributed by atoms with Crippen molar-refractivity contribution in [3.63, 3.8) is 0 Å². The molecule has 0 bridgehead atoms. The van der Waals surface area contributed by atoms with E-state index >= 15 is 0 Å². The molecule has 1 aliphatic rings. The van der Waals surface area contributed by atoms with Gasteiger partial charge in [-0.15, -0.1) is 0 Å². The molecule has 0 amide bonds. The second kappa shape index (κ2) is 7.55. The lowest BCUT2D eigenvalue weighted by Crippen LogP contribution is -2.40. The molecule has 1 aromatic rings. The Morgan fingerprint density at radius 3 is 2.50 bits per heavy atom. The Kier molecular flexibility index (Phi) is 5.69. The topological polar surface area (TPSA) is 29.3 Å². The molecule has 1 heterocycles. The number of rotatable bonds is 3. The van der Waals surface area contributed by atoms with Crippen LogP contribution in [0.2, 0.25) is 0 Å². The van der Waals surface area contributed by atoms with Gasteiger partial charge in [-0.05, 0) is 24.9 Å². The maximum Gasteiger partial charge on any atom is 0.0237 e. The lowest BCUT2D eigenvalue weighted by atomic mass is 10.1. The molecule has 2 heteroatoms. The first-order valence-electron chi connectivity index (χ1n) is 7.38. The zero-order valence-electron chi connectivity index (χ0n) is 11.4. The fraction of sp³-hybridized carbons (Fsp3) is 0.625. The molecule has 1 aliphatic heterocycles. The summed E-state index contributed by atoms with van der Waals surface area (Å²) >= 11 is 0.